The van der Waals surface area contributed by atoms with Crippen molar-refractivity contribution in [2.24, 2.45) is 0 Å². The van der Waals surface area contributed by atoms with Crippen LogP contribution in [0.5, 0.6) is 5.75 Å². The number of nitrogens with zero attached hydrogens (tertiary/aromatic N) is 2. The SMILES string of the molecule is COCOc1cc(C(F)F)ccc1-c1nnc(Cl)c2c1COC1(CC1)C2. The van der Waals surface area contributed by atoms with Gasteiger partial charge < -0.3 is 14.2 Å². The molecule has 138 valence electrons. The molecule has 1 aromatic heterocycles. The second-order valence-corrected chi connectivity index (χ2v) is 6.91. The summed E-state index contributed by atoms with van der Waals surface area (Å²) in [5, 5.41) is 8.63. The quantitative estimate of drug-likeness (QED) is 0.721. The summed E-state index contributed by atoms with van der Waals surface area (Å²) in [6.45, 7) is 0.294. The maximum absolute atomic E-state index is 13.1. The van der Waals surface area contributed by atoms with Gasteiger partial charge in [0.1, 0.15) is 11.4 Å². The van der Waals surface area contributed by atoms with Crippen molar-refractivity contribution in [3.63, 3.8) is 0 Å². The smallest absolute Gasteiger partial charge is 0.263 e. The zero-order valence-electron chi connectivity index (χ0n) is 14.1. The number of fused-ring (bicyclic) bond motifs is 1. The molecular weight excluding hydrogens is 366 g/mol. The van der Waals surface area contributed by atoms with Crippen LogP contribution in [-0.4, -0.2) is 29.7 Å². The third kappa shape index (κ3) is 3.15. The van der Waals surface area contributed by atoms with Crippen LogP contribution >= 0.6 is 11.6 Å². The Hall–Kier alpha value is -1.83. The Labute approximate surface area is 154 Å². The lowest BCUT2D eigenvalue weighted by Crippen LogP contribution is -2.25. The molecule has 0 unspecified atom stereocenters. The number of ether oxygens (including phenoxy) is 3. The van der Waals surface area contributed by atoms with E-state index in [1.807, 2.05) is 0 Å². The van der Waals surface area contributed by atoms with Crippen molar-refractivity contribution in [2.75, 3.05) is 13.9 Å². The summed E-state index contributed by atoms with van der Waals surface area (Å²) in [4.78, 5) is 0. The van der Waals surface area contributed by atoms with E-state index >= 15 is 0 Å². The minimum atomic E-state index is -2.60. The fourth-order valence-electron chi connectivity index (χ4n) is 3.20. The molecule has 0 amide bonds. The van der Waals surface area contributed by atoms with E-state index in [4.69, 9.17) is 25.8 Å². The Kier molecular flexibility index (Phi) is 4.54. The zero-order chi connectivity index (χ0) is 18.3. The largest absolute Gasteiger partial charge is 0.467 e. The maximum Gasteiger partial charge on any atom is 0.263 e. The lowest BCUT2D eigenvalue weighted by molar-refractivity contribution is 0.00808. The molecule has 0 bridgehead atoms. The molecular formula is C18H17ClF2N2O3. The van der Waals surface area contributed by atoms with Crippen LogP contribution in [0.1, 0.15) is 36.0 Å². The molecule has 1 fully saturated rings. The fourth-order valence-corrected chi connectivity index (χ4v) is 3.42. The number of hydrogen-bond acceptors (Lipinski definition) is 5. The first-order valence-corrected chi connectivity index (χ1v) is 8.63. The summed E-state index contributed by atoms with van der Waals surface area (Å²) < 4.78 is 42.6. The van der Waals surface area contributed by atoms with Crippen LogP contribution in [0, 0.1) is 0 Å². The minimum Gasteiger partial charge on any atom is -0.467 e. The topological polar surface area (TPSA) is 53.5 Å². The predicted octanol–water partition coefficient (Wildman–Crippen LogP) is 4.32. The van der Waals surface area contributed by atoms with E-state index < -0.39 is 6.43 Å². The van der Waals surface area contributed by atoms with Gasteiger partial charge in [0, 0.05) is 35.8 Å². The van der Waals surface area contributed by atoms with E-state index in [-0.39, 0.29) is 23.7 Å². The van der Waals surface area contributed by atoms with E-state index in [2.05, 4.69) is 10.2 Å². The lowest BCUT2D eigenvalue weighted by atomic mass is 9.95. The first kappa shape index (κ1) is 17.6. The number of hydrogen-bond donors (Lipinski definition) is 0. The highest BCUT2D eigenvalue weighted by Crippen LogP contribution is 2.49. The highest BCUT2D eigenvalue weighted by Gasteiger charge is 2.48. The third-order valence-corrected chi connectivity index (χ3v) is 5.12. The summed E-state index contributed by atoms with van der Waals surface area (Å²) in [6, 6.07) is 4.22. The average molecular weight is 383 g/mol. The van der Waals surface area contributed by atoms with Gasteiger partial charge in [0.2, 0.25) is 0 Å². The van der Waals surface area contributed by atoms with E-state index in [9.17, 15) is 8.78 Å². The van der Waals surface area contributed by atoms with Crippen LogP contribution in [0.15, 0.2) is 18.2 Å². The Morgan fingerprint density at radius 3 is 2.77 bits per heavy atom. The van der Waals surface area contributed by atoms with Crippen molar-refractivity contribution in [1.29, 1.82) is 0 Å². The Balaban J connectivity index is 1.80. The fraction of sp³-hybridized carbons (Fsp3) is 0.444. The molecule has 0 atom stereocenters. The molecule has 1 spiro atoms. The standard InChI is InChI=1S/C18H17ClF2N2O3/c1-24-9-25-14-6-10(17(20)21)2-3-11(14)15-13-8-26-18(4-5-18)7-12(13)16(19)23-22-15/h2-3,6,17H,4-5,7-9H2,1H3. The Morgan fingerprint density at radius 2 is 2.08 bits per heavy atom. The second-order valence-electron chi connectivity index (χ2n) is 6.55. The molecule has 26 heavy (non-hydrogen) atoms. The number of benzene rings is 1. The van der Waals surface area contributed by atoms with Crippen molar-refractivity contribution in [3.8, 4) is 17.0 Å². The van der Waals surface area contributed by atoms with Crippen molar-refractivity contribution in [2.45, 2.75) is 37.9 Å². The number of methoxy groups -OCH3 is 1. The van der Waals surface area contributed by atoms with Crippen molar-refractivity contribution in [3.05, 3.63) is 40.0 Å². The normalized spacial score (nSPS) is 17.4. The van der Waals surface area contributed by atoms with Gasteiger partial charge in [0.05, 0.1) is 12.2 Å². The van der Waals surface area contributed by atoms with Crippen LogP contribution in [0.4, 0.5) is 8.78 Å². The monoisotopic (exact) mass is 382 g/mol. The van der Waals surface area contributed by atoms with Crippen LogP contribution < -0.4 is 4.74 Å². The molecule has 2 heterocycles. The summed E-state index contributed by atoms with van der Waals surface area (Å²) in [5.41, 5.74) is 2.58. The van der Waals surface area contributed by atoms with Crippen LogP contribution in [0.2, 0.25) is 5.15 Å². The lowest BCUT2D eigenvalue weighted by Gasteiger charge is -2.27. The van der Waals surface area contributed by atoms with Gasteiger partial charge in [-0.3, -0.25) is 0 Å². The van der Waals surface area contributed by atoms with Gasteiger partial charge >= 0.3 is 0 Å². The Bertz CT molecular complexity index is 843. The van der Waals surface area contributed by atoms with Crippen molar-refractivity contribution in [1.82, 2.24) is 10.2 Å². The zero-order valence-corrected chi connectivity index (χ0v) is 14.9. The molecule has 1 saturated carbocycles. The molecule has 1 aromatic carbocycles. The molecule has 5 nitrogen and oxygen atoms in total. The van der Waals surface area contributed by atoms with Crippen molar-refractivity contribution >= 4 is 11.6 Å². The number of rotatable bonds is 5. The molecule has 8 heteroatoms. The van der Waals surface area contributed by atoms with Gasteiger partial charge in [0.15, 0.2) is 11.9 Å². The summed E-state index contributed by atoms with van der Waals surface area (Å²) >= 11 is 6.27. The Morgan fingerprint density at radius 1 is 1.27 bits per heavy atom. The van der Waals surface area contributed by atoms with E-state index in [0.29, 0.717) is 29.4 Å². The number of aromatic nitrogens is 2. The third-order valence-electron chi connectivity index (χ3n) is 4.81. The first-order chi connectivity index (χ1) is 12.5. The van der Waals surface area contributed by atoms with Crippen LogP contribution in [-0.2, 0) is 22.5 Å². The molecule has 0 radical (unpaired) electrons. The summed E-state index contributed by atoms with van der Waals surface area (Å²) in [7, 11) is 1.46. The van der Waals surface area contributed by atoms with Crippen LogP contribution in [0.25, 0.3) is 11.3 Å². The molecule has 1 aliphatic carbocycles. The highest BCUT2D eigenvalue weighted by molar-refractivity contribution is 6.30. The highest BCUT2D eigenvalue weighted by atomic mass is 35.5. The molecule has 4 rings (SSSR count). The van der Waals surface area contributed by atoms with Gasteiger partial charge in [-0.05, 0) is 25.0 Å². The van der Waals surface area contributed by atoms with Gasteiger partial charge in [-0.25, -0.2) is 8.78 Å². The van der Waals surface area contributed by atoms with Gasteiger partial charge in [0.25, 0.3) is 6.43 Å². The predicted molar refractivity (Wildman–Crippen MR) is 90.4 cm³/mol. The summed E-state index contributed by atoms with van der Waals surface area (Å²) in [5.74, 6) is 0.259. The number of alkyl halides is 2. The summed E-state index contributed by atoms with van der Waals surface area (Å²) in [6.07, 6.45) is 0.0991. The first-order valence-electron chi connectivity index (χ1n) is 8.25. The molecule has 2 aliphatic rings. The second kappa shape index (κ2) is 6.72. The molecule has 2 aromatic rings. The maximum atomic E-state index is 13.1. The van der Waals surface area contributed by atoms with E-state index in [1.165, 1.54) is 19.2 Å². The number of halogens is 3. The van der Waals surface area contributed by atoms with Gasteiger partial charge in [-0.2, -0.15) is 0 Å². The van der Waals surface area contributed by atoms with Gasteiger partial charge in [-0.15, -0.1) is 10.2 Å². The molecule has 1 aliphatic heterocycles. The van der Waals surface area contributed by atoms with Gasteiger partial charge in [-0.1, -0.05) is 17.7 Å². The minimum absolute atomic E-state index is 0.0670. The molecule has 0 saturated heterocycles. The van der Waals surface area contributed by atoms with E-state index in [0.717, 1.165) is 24.0 Å². The molecule has 0 N–H and O–H groups in total. The van der Waals surface area contributed by atoms with E-state index in [1.54, 1.807) is 6.07 Å². The average Bonchev–Trinajstić information content (AvgIpc) is 3.39. The van der Waals surface area contributed by atoms with Crippen LogP contribution in [0.3, 0.4) is 0 Å². The van der Waals surface area contributed by atoms with Crippen molar-refractivity contribution < 1.29 is 23.0 Å².